The highest BCUT2D eigenvalue weighted by Crippen LogP contribution is 2.25. The number of hydrogen-bond acceptors (Lipinski definition) is 8. The molecule has 9 heteroatoms. The van der Waals surface area contributed by atoms with Crippen molar-refractivity contribution in [3.8, 4) is 11.5 Å². The second-order valence-corrected chi connectivity index (χ2v) is 6.48. The van der Waals surface area contributed by atoms with E-state index in [0.29, 0.717) is 32.7 Å². The SMILES string of the molecule is COc1ccc(CC(=O)OCc2nn3c(=O)cc(C)nc3s2)c(OC)c1. The molecule has 26 heavy (non-hydrogen) atoms. The summed E-state index contributed by atoms with van der Waals surface area (Å²) in [6.07, 6.45) is 0.0510. The Morgan fingerprint density at radius 2 is 2.04 bits per heavy atom. The molecule has 0 spiro atoms. The van der Waals surface area contributed by atoms with Crippen molar-refractivity contribution in [1.82, 2.24) is 14.6 Å². The number of benzene rings is 1. The lowest BCUT2D eigenvalue weighted by atomic mass is 10.1. The van der Waals surface area contributed by atoms with Crippen LogP contribution in [-0.2, 0) is 22.6 Å². The highest BCUT2D eigenvalue weighted by Gasteiger charge is 2.13. The van der Waals surface area contributed by atoms with E-state index in [0.717, 1.165) is 0 Å². The van der Waals surface area contributed by atoms with Crippen molar-refractivity contribution in [2.45, 2.75) is 20.0 Å². The highest BCUT2D eigenvalue weighted by atomic mass is 32.1. The molecule has 0 atom stereocenters. The first-order chi connectivity index (χ1) is 12.5. The maximum atomic E-state index is 12.1. The third-order valence-corrected chi connectivity index (χ3v) is 4.48. The van der Waals surface area contributed by atoms with Crippen LogP contribution < -0.4 is 15.0 Å². The summed E-state index contributed by atoms with van der Waals surface area (Å²) in [6, 6.07) is 6.61. The van der Waals surface area contributed by atoms with Crippen LogP contribution in [0.15, 0.2) is 29.1 Å². The quantitative estimate of drug-likeness (QED) is 0.606. The zero-order valence-corrected chi connectivity index (χ0v) is 15.3. The van der Waals surface area contributed by atoms with Gasteiger partial charge in [0.15, 0.2) is 5.01 Å². The molecule has 136 valence electrons. The minimum atomic E-state index is -0.427. The first-order valence-corrected chi connectivity index (χ1v) is 8.54. The Morgan fingerprint density at radius 3 is 2.77 bits per heavy atom. The number of esters is 1. The molecule has 3 rings (SSSR count). The van der Waals surface area contributed by atoms with Crippen molar-refractivity contribution in [3.05, 3.63) is 50.9 Å². The molecule has 0 radical (unpaired) electrons. The maximum Gasteiger partial charge on any atom is 0.310 e. The molecule has 3 aromatic rings. The Kier molecular flexibility index (Phi) is 5.17. The molecule has 0 saturated carbocycles. The second kappa shape index (κ2) is 7.52. The molecule has 0 aliphatic rings. The lowest BCUT2D eigenvalue weighted by Crippen LogP contribution is -2.14. The molecule has 0 amide bonds. The van der Waals surface area contributed by atoms with Crippen molar-refractivity contribution in [2.75, 3.05) is 14.2 Å². The second-order valence-electron chi connectivity index (χ2n) is 5.44. The van der Waals surface area contributed by atoms with E-state index in [1.54, 1.807) is 32.2 Å². The van der Waals surface area contributed by atoms with E-state index in [2.05, 4.69) is 10.1 Å². The number of rotatable bonds is 6. The lowest BCUT2D eigenvalue weighted by Gasteiger charge is -2.10. The smallest absolute Gasteiger partial charge is 0.310 e. The van der Waals surface area contributed by atoms with Gasteiger partial charge in [0, 0.05) is 23.4 Å². The molecular formula is C17H17N3O5S. The van der Waals surface area contributed by atoms with Gasteiger partial charge in [-0.05, 0) is 13.0 Å². The van der Waals surface area contributed by atoms with E-state index in [-0.39, 0.29) is 18.6 Å². The van der Waals surface area contributed by atoms with E-state index in [4.69, 9.17) is 14.2 Å². The molecule has 8 nitrogen and oxygen atoms in total. The fourth-order valence-corrected chi connectivity index (χ4v) is 3.22. The molecule has 2 aromatic heterocycles. The summed E-state index contributed by atoms with van der Waals surface area (Å²) in [6.45, 7) is 1.72. The minimum Gasteiger partial charge on any atom is -0.497 e. The molecule has 0 aliphatic carbocycles. The highest BCUT2D eigenvalue weighted by molar-refractivity contribution is 7.16. The first kappa shape index (κ1) is 17.9. The Morgan fingerprint density at radius 1 is 1.23 bits per heavy atom. The van der Waals surface area contributed by atoms with Gasteiger partial charge in [-0.1, -0.05) is 17.4 Å². The zero-order valence-electron chi connectivity index (χ0n) is 14.5. The number of carbonyl (C=O) groups is 1. The molecule has 2 heterocycles. The van der Waals surface area contributed by atoms with Crippen LogP contribution in [0.25, 0.3) is 4.96 Å². The van der Waals surface area contributed by atoms with Crippen LogP contribution in [-0.4, -0.2) is 34.8 Å². The summed E-state index contributed by atoms with van der Waals surface area (Å²) >= 11 is 1.21. The summed E-state index contributed by atoms with van der Waals surface area (Å²) < 4.78 is 16.9. The van der Waals surface area contributed by atoms with E-state index >= 15 is 0 Å². The monoisotopic (exact) mass is 375 g/mol. The average molecular weight is 375 g/mol. The molecule has 0 aliphatic heterocycles. The van der Waals surface area contributed by atoms with Crippen LogP contribution in [0.3, 0.4) is 0 Å². The topological polar surface area (TPSA) is 92.0 Å². The fourth-order valence-electron chi connectivity index (χ4n) is 2.37. The number of ether oxygens (including phenoxy) is 3. The summed E-state index contributed by atoms with van der Waals surface area (Å²) in [5.41, 5.74) is 1.05. The normalized spacial score (nSPS) is 10.7. The summed E-state index contributed by atoms with van der Waals surface area (Å²) in [5.74, 6) is 0.762. The molecule has 1 aromatic carbocycles. The Labute approximate surface area is 153 Å². The van der Waals surface area contributed by atoms with Crippen LogP contribution in [0.2, 0.25) is 0 Å². The van der Waals surface area contributed by atoms with Gasteiger partial charge in [0.25, 0.3) is 5.56 Å². The predicted octanol–water partition coefficient (Wildman–Crippen LogP) is 1.76. The van der Waals surface area contributed by atoms with Crippen molar-refractivity contribution < 1.29 is 19.0 Å². The number of methoxy groups -OCH3 is 2. The van der Waals surface area contributed by atoms with Crippen LogP contribution in [0.1, 0.15) is 16.3 Å². The van der Waals surface area contributed by atoms with Gasteiger partial charge in [-0.3, -0.25) is 9.59 Å². The van der Waals surface area contributed by atoms with Crippen LogP contribution >= 0.6 is 11.3 Å². The van der Waals surface area contributed by atoms with E-state index < -0.39 is 5.97 Å². The van der Waals surface area contributed by atoms with Crippen molar-refractivity contribution >= 4 is 22.3 Å². The third-order valence-electron chi connectivity index (χ3n) is 3.60. The van der Waals surface area contributed by atoms with Crippen molar-refractivity contribution in [2.24, 2.45) is 0 Å². The predicted molar refractivity (Wildman–Crippen MR) is 94.9 cm³/mol. The van der Waals surface area contributed by atoms with Crippen molar-refractivity contribution in [1.29, 1.82) is 0 Å². The van der Waals surface area contributed by atoms with Gasteiger partial charge in [-0.15, -0.1) is 0 Å². The number of carbonyl (C=O) groups excluding carboxylic acids is 1. The minimum absolute atomic E-state index is 0.0240. The van der Waals surface area contributed by atoms with Gasteiger partial charge in [-0.2, -0.15) is 9.61 Å². The summed E-state index contributed by atoms with van der Waals surface area (Å²) in [4.78, 5) is 28.7. The van der Waals surface area contributed by atoms with Crippen LogP contribution in [0.4, 0.5) is 0 Å². The number of nitrogens with zero attached hydrogens (tertiary/aromatic N) is 3. The van der Waals surface area contributed by atoms with Gasteiger partial charge in [0.2, 0.25) is 4.96 Å². The number of fused-ring (bicyclic) bond motifs is 1. The first-order valence-electron chi connectivity index (χ1n) is 7.73. The maximum absolute atomic E-state index is 12.1. The van der Waals surface area contributed by atoms with E-state index in [1.807, 2.05) is 0 Å². The number of hydrogen-bond donors (Lipinski definition) is 0. The van der Waals surface area contributed by atoms with Gasteiger partial charge in [0.05, 0.1) is 20.6 Å². The van der Waals surface area contributed by atoms with E-state index in [1.165, 1.54) is 29.0 Å². The number of aryl methyl sites for hydroxylation is 1. The Balaban J connectivity index is 1.68. The Bertz CT molecular complexity index is 1010. The molecule has 0 saturated heterocycles. The number of aromatic nitrogens is 3. The third kappa shape index (κ3) is 3.83. The van der Waals surface area contributed by atoms with E-state index in [9.17, 15) is 9.59 Å². The lowest BCUT2D eigenvalue weighted by molar-refractivity contribution is -0.144. The molecule has 0 fully saturated rings. The zero-order chi connectivity index (χ0) is 18.7. The fraction of sp³-hybridized carbons (Fsp3) is 0.294. The van der Waals surface area contributed by atoms with Gasteiger partial charge < -0.3 is 14.2 Å². The molecule has 0 unspecified atom stereocenters. The van der Waals surface area contributed by atoms with Gasteiger partial charge >= 0.3 is 5.97 Å². The van der Waals surface area contributed by atoms with Crippen molar-refractivity contribution in [3.63, 3.8) is 0 Å². The van der Waals surface area contributed by atoms with Gasteiger partial charge in [-0.25, -0.2) is 4.98 Å². The summed E-state index contributed by atoms with van der Waals surface area (Å²) in [5, 5.41) is 4.63. The van der Waals surface area contributed by atoms with Crippen LogP contribution in [0.5, 0.6) is 11.5 Å². The summed E-state index contributed by atoms with van der Waals surface area (Å²) in [7, 11) is 3.08. The average Bonchev–Trinajstić information content (AvgIpc) is 3.03. The Hall–Kier alpha value is -2.94. The standard InChI is InChI=1S/C17H17N3O5S/c1-10-6-15(21)20-17(18-10)26-14(19-20)9-25-16(22)7-11-4-5-12(23-2)8-13(11)24-3/h4-6,8H,7,9H2,1-3H3. The molecule has 0 N–H and O–H groups in total. The van der Waals surface area contributed by atoms with Gasteiger partial charge in [0.1, 0.15) is 18.1 Å². The molecule has 0 bridgehead atoms. The van der Waals surface area contributed by atoms with Crippen LogP contribution in [0, 0.1) is 6.92 Å². The molecular weight excluding hydrogens is 358 g/mol. The largest absolute Gasteiger partial charge is 0.497 e.